The van der Waals surface area contributed by atoms with Gasteiger partial charge in [-0.05, 0) is 19.1 Å². The summed E-state index contributed by atoms with van der Waals surface area (Å²) in [5.41, 5.74) is 1.52. The summed E-state index contributed by atoms with van der Waals surface area (Å²) in [4.78, 5) is 16.2. The molecule has 1 amide bonds. The first-order valence-corrected chi connectivity index (χ1v) is 6.68. The molecule has 0 saturated heterocycles. The van der Waals surface area contributed by atoms with Crippen LogP contribution in [0.1, 0.15) is 22.3 Å². The number of thiazole rings is 1. The van der Waals surface area contributed by atoms with Crippen molar-refractivity contribution in [1.82, 2.24) is 10.3 Å². The SMILES string of the molecule is CCNc1ccccc1C(=O)NCc1nccs1. The van der Waals surface area contributed by atoms with Gasteiger partial charge in [-0.1, -0.05) is 12.1 Å². The van der Waals surface area contributed by atoms with Gasteiger partial charge in [0.2, 0.25) is 0 Å². The molecule has 2 N–H and O–H groups in total. The van der Waals surface area contributed by atoms with Crippen LogP contribution in [-0.4, -0.2) is 17.4 Å². The van der Waals surface area contributed by atoms with Gasteiger partial charge in [0.25, 0.3) is 5.91 Å². The number of rotatable bonds is 5. The van der Waals surface area contributed by atoms with Crippen LogP contribution in [-0.2, 0) is 6.54 Å². The lowest BCUT2D eigenvalue weighted by Gasteiger charge is -2.10. The summed E-state index contributed by atoms with van der Waals surface area (Å²) in [7, 11) is 0. The Morgan fingerprint density at radius 3 is 2.94 bits per heavy atom. The molecule has 0 saturated carbocycles. The van der Waals surface area contributed by atoms with E-state index in [1.165, 1.54) is 11.3 Å². The van der Waals surface area contributed by atoms with Gasteiger partial charge >= 0.3 is 0 Å². The fourth-order valence-corrected chi connectivity index (χ4v) is 2.17. The number of para-hydroxylation sites is 1. The lowest BCUT2D eigenvalue weighted by atomic mass is 10.1. The smallest absolute Gasteiger partial charge is 0.253 e. The number of aromatic nitrogens is 1. The van der Waals surface area contributed by atoms with Gasteiger partial charge in [0.05, 0.1) is 12.1 Å². The van der Waals surface area contributed by atoms with Crippen molar-refractivity contribution in [1.29, 1.82) is 0 Å². The molecule has 0 fully saturated rings. The Morgan fingerprint density at radius 1 is 1.39 bits per heavy atom. The molecule has 0 atom stereocenters. The Bertz CT molecular complexity index is 511. The zero-order valence-electron chi connectivity index (χ0n) is 10.1. The number of carbonyl (C=O) groups excluding carboxylic acids is 1. The van der Waals surface area contributed by atoms with Crippen LogP contribution < -0.4 is 10.6 Å². The van der Waals surface area contributed by atoms with E-state index in [2.05, 4.69) is 15.6 Å². The van der Waals surface area contributed by atoms with Crippen LogP contribution in [0.2, 0.25) is 0 Å². The van der Waals surface area contributed by atoms with Crippen LogP contribution in [0, 0.1) is 0 Å². The van der Waals surface area contributed by atoms with Crippen molar-refractivity contribution in [2.75, 3.05) is 11.9 Å². The summed E-state index contributed by atoms with van der Waals surface area (Å²) in [6.07, 6.45) is 1.73. The molecule has 94 valence electrons. The summed E-state index contributed by atoms with van der Waals surface area (Å²) in [6.45, 7) is 3.26. The molecule has 2 aromatic rings. The maximum Gasteiger partial charge on any atom is 0.253 e. The van der Waals surface area contributed by atoms with Gasteiger partial charge in [-0.2, -0.15) is 0 Å². The third-order valence-electron chi connectivity index (χ3n) is 2.42. The number of carbonyl (C=O) groups is 1. The topological polar surface area (TPSA) is 54.0 Å². The van der Waals surface area contributed by atoms with Gasteiger partial charge in [-0.25, -0.2) is 4.98 Å². The van der Waals surface area contributed by atoms with E-state index in [1.54, 1.807) is 6.20 Å². The van der Waals surface area contributed by atoms with E-state index in [9.17, 15) is 4.79 Å². The Labute approximate surface area is 110 Å². The zero-order chi connectivity index (χ0) is 12.8. The Hall–Kier alpha value is -1.88. The highest BCUT2D eigenvalue weighted by Gasteiger charge is 2.10. The molecule has 0 bridgehead atoms. The molecule has 0 radical (unpaired) electrons. The van der Waals surface area contributed by atoms with E-state index in [0.29, 0.717) is 12.1 Å². The standard InChI is InChI=1S/C13H15N3OS/c1-2-14-11-6-4-3-5-10(11)13(17)16-9-12-15-7-8-18-12/h3-8,14H,2,9H2,1H3,(H,16,17). The Balaban J connectivity index is 2.04. The summed E-state index contributed by atoms with van der Waals surface area (Å²) in [5.74, 6) is -0.0817. The minimum atomic E-state index is -0.0817. The van der Waals surface area contributed by atoms with E-state index in [-0.39, 0.29) is 5.91 Å². The van der Waals surface area contributed by atoms with Gasteiger partial charge in [-0.3, -0.25) is 4.79 Å². The average Bonchev–Trinajstić information content (AvgIpc) is 2.90. The quantitative estimate of drug-likeness (QED) is 0.869. The van der Waals surface area contributed by atoms with Crippen LogP contribution in [0.5, 0.6) is 0 Å². The minimum Gasteiger partial charge on any atom is -0.385 e. The van der Waals surface area contributed by atoms with Crippen LogP contribution in [0.4, 0.5) is 5.69 Å². The second-order valence-corrected chi connectivity index (χ2v) is 4.66. The number of benzene rings is 1. The first-order valence-electron chi connectivity index (χ1n) is 5.80. The monoisotopic (exact) mass is 261 g/mol. The minimum absolute atomic E-state index is 0.0817. The lowest BCUT2D eigenvalue weighted by Crippen LogP contribution is -2.23. The third-order valence-corrected chi connectivity index (χ3v) is 3.20. The first-order chi connectivity index (χ1) is 8.81. The van der Waals surface area contributed by atoms with Gasteiger partial charge in [0.1, 0.15) is 5.01 Å². The van der Waals surface area contributed by atoms with E-state index in [0.717, 1.165) is 17.2 Å². The van der Waals surface area contributed by atoms with Crippen molar-refractivity contribution in [3.05, 3.63) is 46.4 Å². The van der Waals surface area contributed by atoms with Crippen LogP contribution in [0.25, 0.3) is 0 Å². The van der Waals surface area contributed by atoms with Crippen LogP contribution in [0.3, 0.4) is 0 Å². The summed E-state index contributed by atoms with van der Waals surface area (Å²) in [6, 6.07) is 7.49. The van der Waals surface area contributed by atoms with E-state index in [4.69, 9.17) is 0 Å². The number of hydrogen-bond acceptors (Lipinski definition) is 4. The summed E-state index contributed by atoms with van der Waals surface area (Å²) in [5, 5.41) is 8.85. The molecule has 1 aromatic heterocycles. The molecule has 5 heteroatoms. The van der Waals surface area contributed by atoms with Crippen LogP contribution in [0.15, 0.2) is 35.8 Å². The van der Waals surface area contributed by atoms with Crippen molar-refractivity contribution in [2.45, 2.75) is 13.5 Å². The molecule has 0 aliphatic heterocycles. The second kappa shape index (κ2) is 6.16. The highest BCUT2D eigenvalue weighted by Crippen LogP contribution is 2.14. The van der Waals surface area contributed by atoms with Gasteiger partial charge < -0.3 is 10.6 Å². The zero-order valence-corrected chi connectivity index (χ0v) is 11.0. The Morgan fingerprint density at radius 2 is 2.22 bits per heavy atom. The number of hydrogen-bond donors (Lipinski definition) is 2. The number of amides is 1. The predicted octanol–water partition coefficient (Wildman–Crippen LogP) is 2.50. The number of nitrogens with one attached hydrogen (secondary N) is 2. The highest BCUT2D eigenvalue weighted by atomic mass is 32.1. The van der Waals surface area contributed by atoms with Gasteiger partial charge in [-0.15, -0.1) is 11.3 Å². The molecule has 18 heavy (non-hydrogen) atoms. The lowest BCUT2D eigenvalue weighted by molar-refractivity contribution is 0.0951. The molecule has 1 heterocycles. The second-order valence-electron chi connectivity index (χ2n) is 3.68. The fraction of sp³-hybridized carbons (Fsp3) is 0.231. The molecular weight excluding hydrogens is 246 g/mol. The maximum atomic E-state index is 12.1. The van der Waals surface area contributed by atoms with E-state index < -0.39 is 0 Å². The summed E-state index contributed by atoms with van der Waals surface area (Å²) >= 11 is 1.53. The maximum absolute atomic E-state index is 12.1. The molecule has 0 aliphatic carbocycles. The van der Waals surface area contributed by atoms with Crippen molar-refractivity contribution in [3.63, 3.8) is 0 Å². The van der Waals surface area contributed by atoms with Gasteiger partial charge in [0.15, 0.2) is 0 Å². The molecular formula is C13H15N3OS. The molecule has 1 aromatic carbocycles. The molecule has 0 aliphatic rings. The van der Waals surface area contributed by atoms with E-state index in [1.807, 2.05) is 36.6 Å². The third kappa shape index (κ3) is 3.07. The fourth-order valence-electron chi connectivity index (χ4n) is 1.62. The molecule has 0 unspecified atom stereocenters. The molecule has 4 nitrogen and oxygen atoms in total. The van der Waals surface area contributed by atoms with Crippen LogP contribution >= 0.6 is 11.3 Å². The van der Waals surface area contributed by atoms with E-state index >= 15 is 0 Å². The average molecular weight is 261 g/mol. The highest BCUT2D eigenvalue weighted by molar-refractivity contribution is 7.09. The van der Waals surface area contributed by atoms with Crippen molar-refractivity contribution >= 4 is 22.9 Å². The first kappa shape index (κ1) is 12.6. The normalized spacial score (nSPS) is 10.1. The van der Waals surface area contributed by atoms with Crippen molar-refractivity contribution in [3.8, 4) is 0 Å². The van der Waals surface area contributed by atoms with Crippen molar-refractivity contribution in [2.24, 2.45) is 0 Å². The number of anilines is 1. The summed E-state index contributed by atoms with van der Waals surface area (Å²) < 4.78 is 0. The molecule has 2 rings (SSSR count). The Kier molecular flexibility index (Phi) is 4.30. The largest absolute Gasteiger partial charge is 0.385 e. The number of nitrogens with zero attached hydrogens (tertiary/aromatic N) is 1. The van der Waals surface area contributed by atoms with Crippen molar-refractivity contribution < 1.29 is 4.79 Å². The molecule has 0 spiro atoms. The predicted molar refractivity (Wildman–Crippen MR) is 73.9 cm³/mol. The van der Waals surface area contributed by atoms with Gasteiger partial charge in [0, 0.05) is 23.8 Å².